The Kier molecular flexibility index (Phi) is 7.32. The maximum absolute atomic E-state index is 12.3. The number of carbonyl (C=O) groups is 3. The molecule has 10 N–H and O–H groups in total. The molecule has 0 radical (unpaired) electrons. The molecule has 196 valence electrons. The molecule has 2 aromatic carbocycles. The van der Waals surface area contributed by atoms with E-state index in [9.17, 15) is 60.3 Å². The number of aromatic hydroxyl groups is 4. The van der Waals surface area contributed by atoms with E-state index >= 15 is 0 Å². The molecular formula is C24H22O13. The summed E-state index contributed by atoms with van der Waals surface area (Å²) in [6.45, 7) is 0. The molecule has 0 amide bonds. The first kappa shape index (κ1) is 26.8. The van der Waals surface area contributed by atoms with Gasteiger partial charge in [0.25, 0.3) is 0 Å². The van der Waals surface area contributed by atoms with Crippen molar-refractivity contribution < 1.29 is 65.4 Å². The van der Waals surface area contributed by atoms with Gasteiger partial charge < -0.3 is 51.1 Å². The van der Waals surface area contributed by atoms with Crippen molar-refractivity contribution in [2.45, 2.75) is 24.0 Å². The van der Waals surface area contributed by atoms with Gasteiger partial charge in [-0.15, -0.1) is 0 Å². The molecule has 13 heteroatoms. The third-order valence-electron chi connectivity index (χ3n) is 5.96. The van der Waals surface area contributed by atoms with E-state index in [2.05, 4.69) is 0 Å². The van der Waals surface area contributed by atoms with Gasteiger partial charge in [0.1, 0.15) is 34.7 Å². The molecule has 0 heterocycles. The van der Waals surface area contributed by atoms with Crippen LogP contribution in [0.1, 0.15) is 40.2 Å². The van der Waals surface area contributed by atoms with Crippen LogP contribution in [0.2, 0.25) is 0 Å². The number of allylic oxidation sites excluding steroid dienone is 1. The molecule has 0 saturated heterocycles. The Balaban J connectivity index is 2.23. The molecule has 1 aliphatic rings. The molecule has 0 aliphatic heterocycles. The van der Waals surface area contributed by atoms with Crippen LogP contribution in [-0.4, -0.2) is 75.1 Å². The summed E-state index contributed by atoms with van der Waals surface area (Å²) in [6, 6.07) is 2.78. The molecular weight excluding hydrogens is 496 g/mol. The van der Waals surface area contributed by atoms with Crippen molar-refractivity contribution in [3.8, 4) is 23.0 Å². The van der Waals surface area contributed by atoms with Gasteiger partial charge >= 0.3 is 17.9 Å². The topological polar surface area (TPSA) is 254 Å². The van der Waals surface area contributed by atoms with Crippen LogP contribution in [-0.2, 0) is 14.4 Å². The summed E-state index contributed by atoms with van der Waals surface area (Å²) in [6.07, 6.45) is -0.569. The molecule has 37 heavy (non-hydrogen) atoms. The van der Waals surface area contributed by atoms with Gasteiger partial charge in [-0.2, -0.15) is 0 Å². The molecule has 0 saturated carbocycles. The van der Waals surface area contributed by atoms with E-state index in [1.165, 1.54) is 6.08 Å². The summed E-state index contributed by atoms with van der Waals surface area (Å²) in [7, 11) is 0. The SMILES string of the molecule is O=C(O)C(O)c1cc(C(C(=O)O)c2cc(C(C(=O)O)C3C=CC(O)=CC3O)c(O)cc2O)c(O)cc1O. The lowest BCUT2D eigenvalue weighted by atomic mass is 9.78. The molecule has 2 aromatic rings. The van der Waals surface area contributed by atoms with Crippen LogP contribution >= 0.6 is 0 Å². The predicted octanol–water partition coefficient (Wildman–Crippen LogP) is 1.00. The zero-order valence-electron chi connectivity index (χ0n) is 18.6. The standard InChI is InChI=1S/C24H22O13/c25-8-1-2-9(14(26)3-8)19(22(32)33)10-4-11(16(28)6-15(10)27)20(23(34)35)12-5-13(21(31)24(36)37)18(30)7-17(12)29/h1-7,9,14,19-21,25-31H,(H,32,33)(H,34,35)(H,36,37). The Bertz CT molecular complexity index is 1330. The van der Waals surface area contributed by atoms with Crippen LogP contribution in [0.25, 0.3) is 0 Å². The molecule has 5 unspecified atom stereocenters. The summed E-state index contributed by atoms with van der Waals surface area (Å²) in [5.74, 6) is -13.7. The maximum Gasteiger partial charge on any atom is 0.337 e. The summed E-state index contributed by atoms with van der Waals surface area (Å²) in [4.78, 5) is 35.6. The predicted molar refractivity (Wildman–Crippen MR) is 121 cm³/mol. The van der Waals surface area contributed by atoms with E-state index in [-0.39, 0.29) is 5.76 Å². The summed E-state index contributed by atoms with van der Waals surface area (Å²) < 4.78 is 0. The van der Waals surface area contributed by atoms with Gasteiger partial charge in [0.2, 0.25) is 0 Å². The van der Waals surface area contributed by atoms with E-state index in [0.717, 1.165) is 18.2 Å². The Morgan fingerprint density at radius 1 is 0.676 bits per heavy atom. The average molecular weight is 518 g/mol. The molecule has 0 spiro atoms. The Labute approximate surface area is 207 Å². The summed E-state index contributed by atoms with van der Waals surface area (Å²) >= 11 is 0. The Morgan fingerprint density at radius 2 is 1.16 bits per heavy atom. The highest BCUT2D eigenvalue weighted by Crippen LogP contribution is 2.45. The first-order valence-corrected chi connectivity index (χ1v) is 10.5. The molecule has 13 nitrogen and oxygen atoms in total. The lowest BCUT2D eigenvalue weighted by molar-refractivity contribution is -0.147. The first-order valence-electron chi connectivity index (χ1n) is 10.5. The van der Waals surface area contributed by atoms with Crippen LogP contribution in [0.4, 0.5) is 0 Å². The highest BCUT2D eigenvalue weighted by atomic mass is 16.4. The Hall–Kier alpha value is -4.75. The van der Waals surface area contributed by atoms with Gasteiger partial charge in [0.15, 0.2) is 6.10 Å². The van der Waals surface area contributed by atoms with Gasteiger partial charge in [-0.1, -0.05) is 6.08 Å². The third kappa shape index (κ3) is 5.12. The van der Waals surface area contributed by atoms with Crippen LogP contribution < -0.4 is 0 Å². The van der Waals surface area contributed by atoms with Crippen molar-refractivity contribution in [3.05, 3.63) is 70.5 Å². The van der Waals surface area contributed by atoms with E-state index in [4.69, 9.17) is 5.11 Å². The molecule has 3 rings (SSSR count). The number of phenols is 4. The quantitative estimate of drug-likeness (QED) is 0.234. The zero-order valence-corrected chi connectivity index (χ0v) is 18.6. The number of carboxylic acids is 3. The number of hydrogen-bond donors (Lipinski definition) is 10. The highest BCUT2D eigenvalue weighted by molar-refractivity contribution is 5.85. The lowest BCUT2D eigenvalue weighted by Crippen LogP contribution is -2.31. The van der Waals surface area contributed by atoms with Gasteiger partial charge in [0.05, 0.1) is 12.0 Å². The fourth-order valence-electron chi connectivity index (χ4n) is 4.20. The largest absolute Gasteiger partial charge is 0.508 e. The summed E-state index contributed by atoms with van der Waals surface area (Å²) in [5.41, 5.74) is -2.23. The number of hydrogen-bond acceptors (Lipinski definition) is 10. The molecule has 1 aliphatic carbocycles. The second kappa shape index (κ2) is 10.1. The van der Waals surface area contributed by atoms with Crippen molar-refractivity contribution in [1.82, 2.24) is 0 Å². The first-order chi connectivity index (χ1) is 17.2. The third-order valence-corrected chi connectivity index (χ3v) is 5.96. The fraction of sp³-hybridized carbons (Fsp3) is 0.208. The zero-order chi connectivity index (χ0) is 27.8. The number of rotatable bonds is 8. The van der Waals surface area contributed by atoms with Crippen molar-refractivity contribution in [2.24, 2.45) is 5.92 Å². The number of aliphatic carboxylic acids is 3. The minimum absolute atomic E-state index is 0.336. The van der Waals surface area contributed by atoms with Crippen molar-refractivity contribution in [3.63, 3.8) is 0 Å². The van der Waals surface area contributed by atoms with Gasteiger partial charge in [-0.3, -0.25) is 9.59 Å². The molecule has 0 fully saturated rings. The highest BCUT2D eigenvalue weighted by Gasteiger charge is 2.38. The second-order valence-corrected chi connectivity index (χ2v) is 8.29. The van der Waals surface area contributed by atoms with Gasteiger partial charge in [-0.25, -0.2) is 4.79 Å². The van der Waals surface area contributed by atoms with Crippen molar-refractivity contribution >= 4 is 17.9 Å². The number of benzene rings is 2. The van der Waals surface area contributed by atoms with E-state index < -0.39 is 93.1 Å². The maximum atomic E-state index is 12.3. The number of carboxylic acid groups (broad SMARTS) is 3. The monoisotopic (exact) mass is 518 g/mol. The Morgan fingerprint density at radius 3 is 1.62 bits per heavy atom. The van der Waals surface area contributed by atoms with Crippen LogP contribution in [0, 0.1) is 5.92 Å². The van der Waals surface area contributed by atoms with E-state index in [1.54, 1.807) is 0 Å². The smallest absolute Gasteiger partial charge is 0.337 e. The number of aliphatic hydroxyl groups is 3. The second-order valence-electron chi connectivity index (χ2n) is 8.29. The number of phenolic OH excluding ortho intramolecular Hbond substituents is 4. The van der Waals surface area contributed by atoms with E-state index in [1.807, 2.05) is 0 Å². The van der Waals surface area contributed by atoms with E-state index in [0.29, 0.717) is 18.2 Å². The minimum atomic E-state index is -2.31. The minimum Gasteiger partial charge on any atom is -0.508 e. The average Bonchev–Trinajstić information content (AvgIpc) is 2.78. The molecule has 0 bridgehead atoms. The molecule has 0 aromatic heterocycles. The van der Waals surface area contributed by atoms with Crippen LogP contribution in [0.15, 0.2) is 48.3 Å². The van der Waals surface area contributed by atoms with Crippen molar-refractivity contribution in [1.29, 1.82) is 0 Å². The fourth-order valence-corrected chi connectivity index (χ4v) is 4.20. The normalized spacial score (nSPS) is 19.5. The number of aliphatic hydroxyl groups excluding tert-OH is 3. The lowest BCUT2D eigenvalue weighted by Gasteiger charge is -2.28. The molecule has 5 atom stereocenters. The van der Waals surface area contributed by atoms with Gasteiger partial charge in [0, 0.05) is 40.3 Å². The van der Waals surface area contributed by atoms with Crippen molar-refractivity contribution in [2.75, 3.05) is 0 Å². The van der Waals surface area contributed by atoms with Gasteiger partial charge in [-0.05, 0) is 24.3 Å². The summed E-state index contributed by atoms with van der Waals surface area (Å²) in [5, 5.41) is 99.8. The van der Waals surface area contributed by atoms with Crippen LogP contribution in [0.3, 0.4) is 0 Å². The van der Waals surface area contributed by atoms with Crippen LogP contribution in [0.5, 0.6) is 23.0 Å².